The lowest BCUT2D eigenvalue weighted by molar-refractivity contribution is -0.163. The summed E-state index contributed by atoms with van der Waals surface area (Å²) in [7, 11) is 0. The number of aliphatic hydroxyl groups excluding tert-OH is 1. The summed E-state index contributed by atoms with van der Waals surface area (Å²) in [4.78, 5) is 27.3. The molecule has 0 aliphatic carbocycles. The number of carboxylic acids is 1. The zero-order chi connectivity index (χ0) is 16.9. The third kappa shape index (κ3) is 2.33. The van der Waals surface area contributed by atoms with Crippen LogP contribution in [-0.4, -0.2) is 63.7 Å². The van der Waals surface area contributed by atoms with Gasteiger partial charge in [0.25, 0.3) is 0 Å². The van der Waals surface area contributed by atoms with Crippen molar-refractivity contribution in [3.8, 4) is 6.07 Å². The van der Waals surface area contributed by atoms with Crippen molar-refractivity contribution in [2.75, 3.05) is 19.6 Å². The topological polar surface area (TPSA) is 105 Å². The molecule has 3 rings (SSSR count). The molecular formula is C16H21N3O4. The van der Waals surface area contributed by atoms with Crippen molar-refractivity contribution < 1.29 is 19.8 Å². The van der Waals surface area contributed by atoms with Crippen molar-refractivity contribution in [2.24, 2.45) is 17.8 Å². The predicted octanol–water partition coefficient (Wildman–Crippen LogP) is 0.0281. The van der Waals surface area contributed by atoms with E-state index in [0.717, 1.165) is 18.5 Å². The lowest BCUT2D eigenvalue weighted by Crippen LogP contribution is -2.63. The van der Waals surface area contributed by atoms with Gasteiger partial charge in [-0.1, -0.05) is 6.92 Å². The summed E-state index contributed by atoms with van der Waals surface area (Å²) >= 11 is 0. The highest BCUT2D eigenvalue weighted by Gasteiger charge is 2.59. The minimum absolute atomic E-state index is 0.00976. The van der Waals surface area contributed by atoms with Crippen LogP contribution in [0.2, 0.25) is 0 Å². The molecule has 0 radical (unpaired) electrons. The van der Waals surface area contributed by atoms with Gasteiger partial charge in [0.05, 0.1) is 30.1 Å². The number of nitrogens with zero attached hydrogens (tertiary/aromatic N) is 3. The Balaban J connectivity index is 1.85. The molecule has 0 bridgehead atoms. The maximum Gasteiger partial charge on any atom is 0.352 e. The number of rotatable bonds is 4. The van der Waals surface area contributed by atoms with Crippen LogP contribution in [0.4, 0.5) is 0 Å². The highest BCUT2D eigenvalue weighted by Crippen LogP contribution is 2.47. The standard InChI is InChI=1S/C16H21N3O4/c1-8-11(7-18-4-3-10(5-17)6-18)14(16(22)23)19-13(8)12(9(2)20)15(19)21/h8-10,12-13,20H,3-4,6-7H2,1-2H3,(H,22,23)/t8-,9+,10+,12?,13?/m0/s1. The smallest absolute Gasteiger partial charge is 0.352 e. The summed E-state index contributed by atoms with van der Waals surface area (Å²) < 4.78 is 0. The lowest BCUT2D eigenvalue weighted by Gasteiger charge is -2.46. The minimum atomic E-state index is -1.09. The van der Waals surface area contributed by atoms with Gasteiger partial charge >= 0.3 is 5.97 Å². The molecule has 0 saturated carbocycles. The minimum Gasteiger partial charge on any atom is -0.477 e. The van der Waals surface area contributed by atoms with E-state index in [1.807, 2.05) is 6.92 Å². The van der Waals surface area contributed by atoms with E-state index < -0.39 is 18.0 Å². The molecule has 0 aromatic carbocycles. The van der Waals surface area contributed by atoms with Gasteiger partial charge in [-0.2, -0.15) is 5.26 Å². The quantitative estimate of drug-likeness (QED) is 0.708. The average molecular weight is 319 g/mol. The molecule has 0 spiro atoms. The number of fused-ring (bicyclic) bond motifs is 1. The summed E-state index contributed by atoms with van der Waals surface area (Å²) in [5.74, 6) is -2.03. The second-order valence-electron chi connectivity index (χ2n) is 6.78. The first-order chi connectivity index (χ1) is 10.9. The van der Waals surface area contributed by atoms with Crippen LogP contribution < -0.4 is 0 Å². The largest absolute Gasteiger partial charge is 0.477 e. The van der Waals surface area contributed by atoms with Gasteiger partial charge in [-0.25, -0.2) is 4.79 Å². The summed E-state index contributed by atoms with van der Waals surface area (Å²) in [6, 6.07) is 1.99. The third-order valence-corrected chi connectivity index (χ3v) is 5.37. The van der Waals surface area contributed by atoms with E-state index in [2.05, 4.69) is 11.0 Å². The van der Waals surface area contributed by atoms with Crippen LogP contribution in [0.5, 0.6) is 0 Å². The Bertz CT molecular complexity index is 621. The normalized spacial score (nSPS) is 35.0. The Kier molecular flexibility index (Phi) is 3.90. The number of carboxylic acid groups (broad SMARTS) is 1. The molecule has 0 aromatic rings. The number of hydrogen-bond donors (Lipinski definition) is 2. The van der Waals surface area contributed by atoms with Crippen LogP contribution in [0.1, 0.15) is 20.3 Å². The maximum atomic E-state index is 12.2. The molecule has 2 N–H and O–H groups in total. The second-order valence-corrected chi connectivity index (χ2v) is 6.78. The molecule has 3 aliphatic rings. The molecular weight excluding hydrogens is 298 g/mol. The fraction of sp³-hybridized carbons (Fsp3) is 0.688. The summed E-state index contributed by atoms with van der Waals surface area (Å²) in [5.41, 5.74) is 0.808. The Morgan fingerprint density at radius 2 is 2.22 bits per heavy atom. The van der Waals surface area contributed by atoms with Crippen LogP contribution in [0, 0.1) is 29.1 Å². The van der Waals surface area contributed by atoms with Gasteiger partial charge in [0.1, 0.15) is 5.70 Å². The van der Waals surface area contributed by atoms with Crippen molar-refractivity contribution >= 4 is 11.9 Å². The molecule has 2 saturated heterocycles. The van der Waals surface area contributed by atoms with Gasteiger partial charge in [-0.05, 0) is 25.5 Å². The number of nitriles is 1. The monoisotopic (exact) mass is 319 g/mol. The van der Waals surface area contributed by atoms with Gasteiger partial charge in [-0.15, -0.1) is 0 Å². The molecule has 0 aromatic heterocycles. The molecule has 3 heterocycles. The van der Waals surface area contributed by atoms with Crippen LogP contribution >= 0.6 is 0 Å². The van der Waals surface area contributed by atoms with Crippen molar-refractivity contribution in [1.82, 2.24) is 9.80 Å². The van der Waals surface area contributed by atoms with E-state index in [4.69, 9.17) is 5.26 Å². The molecule has 23 heavy (non-hydrogen) atoms. The predicted molar refractivity (Wildman–Crippen MR) is 79.8 cm³/mol. The number of aliphatic hydroxyl groups is 1. The SMILES string of the molecule is C[C@@H](O)C1C(=O)N2C(C(=O)O)=C(CN3CC[C@H](C#N)C3)[C@H](C)C12. The molecule has 1 amide bonds. The fourth-order valence-corrected chi connectivity index (χ4v) is 4.18. The zero-order valence-corrected chi connectivity index (χ0v) is 13.3. The number of β-lactam (4-membered cyclic amide) rings is 1. The highest BCUT2D eigenvalue weighted by atomic mass is 16.4. The first-order valence-electron chi connectivity index (χ1n) is 7.96. The molecule has 5 atom stereocenters. The molecule has 7 heteroatoms. The van der Waals surface area contributed by atoms with Crippen LogP contribution in [0.25, 0.3) is 0 Å². The molecule has 2 unspecified atom stereocenters. The number of carbonyl (C=O) groups excluding carboxylic acids is 1. The summed E-state index contributed by atoms with van der Waals surface area (Å²) in [6.07, 6.45) is 0.0125. The zero-order valence-electron chi connectivity index (χ0n) is 13.3. The number of carbonyl (C=O) groups is 2. The van der Waals surface area contributed by atoms with Gasteiger partial charge in [0, 0.05) is 19.0 Å². The first kappa shape index (κ1) is 16.0. The van der Waals surface area contributed by atoms with Gasteiger partial charge < -0.3 is 15.1 Å². The maximum absolute atomic E-state index is 12.2. The number of likely N-dealkylation sites (tertiary alicyclic amines) is 1. The summed E-state index contributed by atoms with van der Waals surface area (Å²) in [6.45, 7) is 5.36. The van der Waals surface area contributed by atoms with E-state index in [9.17, 15) is 19.8 Å². The van der Waals surface area contributed by atoms with E-state index in [1.165, 1.54) is 4.90 Å². The second kappa shape index (κ2) is 5.62. The molecule has 3 aliphatic heterocycles. The summed E-state index contributed by atoms with van der Waals surface area (Å²) in [5, 5.41) is 28.4. The van der Waals surface area contributed by atoms with Crippen molar-refractivity contribution in [3.05, 3.63) is 11.3 Å². The average Bonchev–Trinajstić information content (AvgIpc) is 3.02. The molecule has 7 nitrogen and oxygen atoms in total. The van der Waals surface area contributed by atoms with E-state index in [0.29, 0.717) is 13.1 Å². The van der Waals surface area contributed by atoms with E-state index >= 15 is 0 Å². The number of amides is 1. The Hall–Kier alpha value is -1.91. The Morgan fingerprint density at radius 3 is 2.74 bits per heavy atom. The van der Waals surface area contributed by atoms with Gasteiger partial charge in [0.15, 0.2) is 0 Å². The first-order valence-corrected chi connectivity index (χ1v) is 7.96. The van der Waals surface area contributed by atoms with Crippen LogP contribution in [0.15, 0.2) is 11.3 Å². The van der Waals surface area contributed by atoms with Gasteiger partial charge in [0.2, 0.25) is 5.91 Å². The Labute approximate surface area is 134 Å². The lowest BCUT2D eigenvalue weighted by atomic mass is 9.77. The van der Waals surface area contributed by atoms with Gasteiger partial charge in [-0.3, -0.25) is 9.69 Å². The van der Waals surface area contributed by atoms with Crippen molar-refractivity contribution in [2.45, 2.75) is 32.4 Å². The Morgan fingerprint density at radius 1 is 1.52 bits per heavy atom. The van der Waals surface area contributed by atoms with Crippen LogP contribution in [-0.2, 0) is 9.59 Å². The number of aliphatic carboxylic acids is 1. The highest BCUT2D eigenvalue weighted by molar-refractivity contribution is 6.00. The van der Waals surface area contributed by atoms with E-state index in [1.54, 1.807) is 6.92 Å². The van der Waals surface area contributed by atoms with E-state index in [-0.39, 0.29) is 29.5 Å². The number of hydrogen-bond acceptors (Lipinski definition) is 5. The van der Waals surface area contributed by atoms with Crippen molar-refractivity contribution in [1.29, 1.82) is 5.26 Å². The third-order valence-electron chi connectivity index (χ3n) is 5.37. The molecule has 124 valence electrons. The van der Waals surface area contributed by atoms with Crippen molar-refractivity contribution in [3.63, 3.8) is 0 Å². The molecule has 2 fully saturated rings. The fourth-order valence-electron chi connectivity index (χ4n) is 4.18. The van der Waals surface area contributed by atoms with Crippen LogP contribution in [0.3, 0.4) is 0 Å².